The average Bonchev–Trinajstić information content (AvgIpc) is 3.16. The Morgan fingerprint density at radius 2 is 1.93 bits per heavy atom. The van der Waals surface area contributed by atoms with Gasteiger partial charge in [-0.15, -0.1) is 0 Å². The fourth-order valence-electron chi connectivity index (χ4n) is 2.54. The smallest absolute Gasteiger partial charge is 0.226 e. The van der Waals surface area contributed by atoms with Crippen molar-refractivity contribution < 1.29 is 18.8 Å². The first-order valence-electron chi connectivity index (χ1n) is 9.02. The van der Waals surface area contributed by atoms with Crippen molar-refractivity contribution in [2.45, 2.75) is 46.0 Å². The molecule has 0 bridgehead atoms. The number of oxazole rings is 1. The number of carbonyl (C=O) groups excluding carboxylic acids is 1. The second-order valence-electron chi connectivity index (χ2n) is 8.09. The van der Waals surface area contributed by atoms with Crippen LogP contribution in [-0.4, -0.2) is 28.5 Å². The quantitative estimate of drug-likeness (QED) is 0.277. The van der Waals surface area contributed by atoms with Gasteiger partial charge < -0.3 is 20.7 Å². The number of halogens is 1. The molecule has 0 aliphatic carbocycles. The minimum atomic E-state index is -0.672. The summed E-state index contributed by atoms with van der Waals surface area (Å²) in [5.74, 6) is 0.0346. The van der Waals surface area contributed by atoms with Gasteiger partial charge in [0.15, 0.2) is 0 Å². The molecule has 8 heteroatoms. The third-order valence-corrected chi connectivity index (χ3v) is 4.73. The van der Waals surface area contributed by atoms with Gasteiger partial charge >= 0.3 is 0 Å². The number of rotatable bonds is 8. The molecule has 1 heterocycles. The van der Waals surface area contributed by atoms with Crippen LogP contribution in [0.1, 0.15) is 46.2 Å². The fraction of sp³-hybridized carbons (Fsp3) is 0.450. The Labute approximate surface area is 163 Å². The standard InChI is InChI=1S/C20H27FN4O3/c1-19(2,10-9-16(22)25-27)18(26)23-12-20(3,4)15-11-28-17(24-15)13-5-7-14(21)8-6-13/h5-8,11,27H,9-10,12H2,1-4H3,(H2,22,25)(H,23,26). The van der Waals surface area contributed by atoms with Crippen LogP contribution in [0.5, 0.6) is 0 Å². The molecule has 1 aromatic carbocycles. The Morgan fingerprint density at radius 1 is 1.29 bits per heavy atom. The SMILES string of the molecule is CC(C)(CCC(N)=NO)C(=O)NCC(C)(C)c1coc(-c2ccc(F)cc2)n1. The first-order valence-corrected chi connectivity index (χ1v) is 9.02. The maximum Gasteiger partial charge on any atom is 0.226 e. The molecule has 0 spiro atoms. The lowest BCUT2D eigenvalue weighted by atomic mass is 9.85. The van der Waals surface area contributed by atoms with Gasteiger partial charge in [-0.1, -0.05) is 32.9 Å². The number of aromatic nitrogens is 1. The van der Waals surface area contributed by atoms with E-state index in [0.29, 0.717) is 36.5 Å². The topological polar surface area (TPSA) is 114 Å². The monoisotopic (exact) mass is 390 g/mol. The summed E-state index contributed by atoms with van der Waals surface area (Å²) in [6, 6.07) is 5.90. The van der Waals surface area contributed by atoms with E-state index in [4.69, 9.17) is 15.4 Å². The van der Waals surface area contributed by atoms with Crippen molar-refractivity contribution in [3.63, 3.8) is 0 Å². The fourth-order valence-corrected chi connectivity index (χ4v) is 2.54. The molecular formula is C20H27FN4O3. The Bertz CT molecular complexity index is 841. The molecular weight excluding hydrogens is 363 g/mol. The molecule has 152 valence electrons. The first-order chi connectivity index (χ1) is 13.0. The number of nitrogens with one attached hydrogen (secondary N) is 1. The molecule has 2 aromatic rings. The van der Waals surface area contributed by atoms with E-state index in [1.165, 1.54) is 12.1 Å². The second kappa shape index (κ2) is 8.41. The van der Waals surface area contributed by atoms with Crippen molar-refractivity contribution in [1.29, 1.82) is 0 Å². The van der Waals surface area contributed by atoms with Crippen molar-refractivity contribution in [2.24, 2.45) is 16.3 Å². The summed E-state index contributed by atoms with van der Waals surface area (Å²) in [5, 5.41) is 14.5. The summed E-state index contributed by atoms with van der Waals surface area (Å²) in [6.07, 6.45) is 2.33. The van der Waals surface area contributed by atoms with Crippen LogP contribution in [0.2, 0.25) is 0 Å². The number of oxime groups is 1. The zero-order chi connectivity index (χ0) is 20.9. The molecule has 2 rings (SSSR count). The molecule has 0 radical (unpaired) electrons. The average molecular weight is 390 g/mol. The predicted octanol–water partition coefficient (Wildman–Crippen LogP) is 3.43. The van der Waals surface area contributed by atoms with Crippen LogP contribution in [0.4, 0.5) is 4.39 Å². The summed E-state index contributed by atoms with van der Waals surface area (Å²) in [6.45, 7) is 7.87. The number of hydrogen-bond donors (Lipinski definition) is 3. The molecule has 0 saturated carbocycles. The van der Waals surface area contributed by atoms with Crippen LogP contribution in [0, 0.1) is 11.2 Å². The lowest BCUT2D eigenvalue weighted by Crippen LogP contribution is -2.43. The highest BCUT2D eigenvalue weighted by Crippen LogP contribution is 2.27. The highest BCUT2D eigenvalue weighted by atomic mass is 19.1. The number of nitrogens with zero attached hydrogens (tertiary/aromatic N) is 2. The Morgan fingerprint density at radius 3 is 2.54 bits per heavy atom. The van der Waals surface area contributed by atoms with E-state index in [0.717, 1.165) is 0 Å². The lowest BCUT2D eigenvalue weighted by Gasteiger charge is -2.27. The summed E-state index contributed by atoms with van der Waals surface area (Å²) in [4.78, 5) is 17.1. The Balaban J connectivity index is 2.01. The van der Waals surface area contributed by atoms with E-state index in [9.17, 15) is 9.18 Å². The summed E-state index contributed by atoms with van der Waals surface area (Å²) >= 11 is 0. The van der Waals surface area contributed by atoms with Crippen LogP contribution in [0.25, 0.3) is 11.5 Å². The van der Waals surface area contributed by atoms with E-state index in [2.05, 4.69) is 15.5 Å². The lowest BCUT2D eigenvalue weighted by molar-refractivity contribution is -0.129. The van der Waals surface area contributed by atoms with E-state index < -0.39 is 10.8 Å². The normalized spacial score (nSPS) is 12.8. The third kappa shape index (κ3) is 5.31. The molecule has 0 fully saturated rings. The number of benzene rings is 1. The van der Waals surface area contributed by atoms with Crippen molar-refractivity contribution in [3.8, 4) is 11.5 Å². The second-order valence-corrected chi connectivity index (χ2v) is 8.09. The van der Waals surface area contributed by atoms with Crippen molar-refractivity contribution in [1.82, 2.24) is 10.3 Å². The summed E-state index contributed by atoms with van der Waals surface area (Å²) in [5.41, 5.74) is 5.70. The van der Waals surface area contributed by atoms with E-state index in [-0.39, 0.29) is 17.6 Å². The minimum Gasteiger partial charge on any atom is -0.444 e. The van der Waals surface area contributed by atoms with Gasteiger partial charge in [0, 0.05) is 29.4 Å². The maximum atomic E-state index is 13.1. The highest BCUT2D eigenvalue weighted by molar-refractivity contribution is 5.84. The van der Waals surface area contributed by atoms with E-state index in [1.807, 2.05) is 27.7 Å². The molecule has 28 heavy (non-hydrogen) atoms. The van der Waals surface area contributed by atoms with Gasteiger partial charge in [0.05, 0.1) is 5.69 Å². The van der Waals surface area contributed by atoms with E-state index >= 15 is 0 Å². The van der Waals surface area contributed by atoms with Gasteiger partial charge in [-0.2, -0.15) is 0 Å². The number of hydrogen-bond acceptors (Lipinski definition) is 5. The van der Waals surface area contributed by atoms with Gasteiger partial charge in [0.1, 0.15) is 17.9 Å². The van der Waals surface area contributed by atoms with Crippen LogP contribution in [0.3, 0.4) is 0 Å². The van der Waals surface area contributed by atoms with Crippen LogP contribution in [0.15, 0.2) is 40.1 Å². The molecule has 7 nitrogen and oxygen atoms in total. The van der Waals surface area contributed by atoms with Gasteiger partial charge in [0.2, 0.25) is 11.8 Å². The molecule has 0 saturated heterocycles. The summed E-state index contributed by atoms with van der Waals surface area (Å²) in [7, 11) is 0. The molecule has 0 aliphatic rings. The number of carbonyl (C=O) groups is 1. The molecule has 0 aliphatic heterocycles. The van der Waals surface area contributed by atoms with Gasteiger partial charge in [-0.3, -0.25) is 4.79 Å². The van der Waals surface area contributed by atoms with Crippen molar-refractivity contribution in [3.05, 3.63) is 42.0 Å². The minimum absolute atomic E-state index is 0.0946. The van der Waals surface area contributed by atoms with Crippen LogP contribution in [-0.2, 0) is 10.2 Å². The molecule has 0 unspecified atom stereocenters. The number of nitrogens with two attached hydrogens (primary N) is 1. The third-order valence-electron chi connectivity index (χ3n) is 4.73. The Kier molecular flexibility index (Phi) is 6.43. The molecule has 0 atom stereocenters. The van der Waals surface area contributed by atoms with Gasteiger partial charge in [0.25, 0.3) is 0 Å². The van der Waals surface area contributed by atoms with Crippen LogP contribution < -0.4 is 11.1 Å². The molecule has 1 amide bonds. The predicted molar refractivity (Wildman–Crippen MR) is 104 cm³/mol. The largest absolute Gasteiger partial charge is 0.444 e. The highest BCUT2D eigenvalue weighted by Gasteiger charge is 2.31. The van der Waals surface area contributed by atoms with E-state index in [1.54, 1.807) is 18.4 Å². The molecule has 4 N–H and O–H groups in total. The number of amidine groups is 1. The van der Waals surface area contributed by atoms with Gasteiger partial charge in [-0.25, -0.2) is 9.37 Å². The van der Waals surface area contributed by atoms with Crippen LogP contribution >= 0.6 is 0 Å². The zero-order valence-electron chi connectivity index (χ0n) is 16.6. The first kappa shape index (κ1) is 21.4. The van der Waals surface area contributed by atoms with Crippen molar-refractivity contribution >= 4 is 11.7 Å². The van der Waals surface area contributed by atoms with Gasteiger partial charge in [-0.05, 0) is 30.7 Å². The maximum absolute atomic E-state index is 13.1. The Hall–Kier alpha value is -2.90. The molecule has 1 aromatic heterocycles. The van der Waals surface area contributed by atoms with Crippen molar-refractivity contribution in [2.75, 3.05) is 6.54 Å². The summed E-state index contributed by atoms with van der Waals surface area (Å²) < 4.78 is 18.6. The number of amides is 1. The zero-order valence-corrected chi connectivity index (χ0v) is 16.6.